The molecule has 134 valence electrons. The van der Waals surface area contributed by atoms with Crippen molar-refractivity contribution in [1.29, 1.82) is 0 Å². The van der Waals surface area contributed by atoms with Gasteiger partial charge in [-0.2, -0.15) is 0 Å². The first-order valence-corrected chi connectivity index (χ1v) is 8.74. The topological polar surface area (TPSA) is 63.0 Å². The van der Waals surface area contributed by atoms with Gasteiger partial charge in [0.05, 0.1) is 18.8 Å². The second kappa shape index (κ2) is 8.87. The van der Waals surface area contributed by atoms with Gasteiger partial charge in [-0.3, -0.25) is 9.59 Å². The first-order valence-electron chi connectivity index (χ1n) is 8.74. The maximum absolute atomic E-state index is 12.8. The highest BCUT2D eigenvalue weighted by atomic mass is 16.5. The zero-order valence-electron chi connectivity index (χ0n) is 15.0. The Labute approximate surface area is 143 Å². The minimum atomic E-state index is -0.0485. The molecule has 24 heavy (non-hydrogen) atoms. The largest absolute Gasteiger partial charge is 0.466 e. The smallest absolute Gasteiger partial charge is 0.257 e. The van der Waals surface area contributed by atoms with Crippen molar-refractivity contribution in [2.24, 2.45) is 0 Å². The molecule has 2 rings (SSSR count). The van der Waals surface area contributed by atoms with Gasteiger partial charge < -0.3 is 19.0 Å². The van der Waals surface area contributed by atoms with E-state index in [-0.39, 0.29) is 11.8 Å². The number of unbranched alkanes of at least 4 members (excludes halogenated alkanes) is 1. The normalized spacial score (nSPS) is 14.7. The molecule has 1 aliphatic heterocycles. The van der Waals surface area contributed by atoms with Gasteiger partial charge in [0.25, 0.3) is 5.91 Å². The fourth-order valence-corrected chi connectivity index (χ4v) is 2.88. The van der Waals surface area contributed by atoms with Crippen molar-refractivity contribution in [3.63, 3.8) is 0 Å². The van der Waals surface area contributed by atoms with Gasteiger partial charge in [0.1, 0.15) is 11.5 Å². The SMILES string of the molecule is CCCCN(CCC(=O)N1CCOCC1)C(=O)c1cc(C)oc1C. The van der Waals surface area contributed by atoms with Crippen molar-refractivity contribution in [2.75, 3.05) is 39.4 Å². The van der Waals surface area contributed by atoms with Gasteiger partial charge in [-0.1, -0.05) is 13.3 Å². The third-order valence-electron chi connectivity index (χ3n) is 4.30. The molecule has 1 saturated heterocycles. The number of ether oxygens (including phenoxy) is 1. The molecule has 6 nitrogen and oxygen atoms in total. The molecule has 0 aromatic carbocycles. The van der Waals surface area contributed by atoms with Crippen LogP contribution in [0.25, 0.3) is 0 Å². The van der Waals surface area contributed by atoms with Crippen molar-refractivity contribution in [3.05, 3.63) is 23.2 Å². The summed E-state index contributed by atoms with van der Waals surface area (Å²) < 4.78 is 10.7. The number of hydrogen-bond donors (Lipinski definition) is 0. The van der Waals surface area contributed by atoms with Crippen LogP contribution in [0.1, 0.15) is 48.1 Å². The molecule has 1 aromatic heterocycles. The number of rotatable bonds is 7. The Morgan fingerprint density at radius 1 is 1.21 bits per heavy atom. The van der Waals surface area contributed by atoms with Crippen LogP contribution >= 0.6 is 0 Å². The molecule has 0 bridgehead atoms. The Bertz CT molecular complexity index is 561. The van der Waals surface area contributed by atoms with Crippen LogP contribution in [0.5, 0.6) is 0 Å². The van der Waals surface area contributed by atoms with Crippen molar-refractivity contribution < 1.29 is 18.7 Å². The number of nitrogens with zero attached hydrogens (tertiary/aromatic N) is 2. The third-order valence-corrected chi connectivity index (χ3v) is 4.30. The summed E-state index contributed by atoms with van der Waals surface area (Å²) in [6.07, 6.45) is 2.28. The fourth-order valence-electron chi connectivity index (χ4n) is 2.88. The zero-order valence-corrected chi connectivity index (χ0v) is 15.0. The molecule has 0 N–H and O–H groups in total. The first kappa shape index (κ1) is 18.5. The summed E-state index contributed by atoms with van der Waals surface area (Å²) in [6, 6.07) is 1.78. The summed E-state index contributed by atoms with van der Waals surface area (Å²) in [5.41, 5.74) is 0.599. The van der Waals surface area contributed by atoms with Crippen LogP contribution in [0.3, 0.4) is 0 Å². The number of aryl methyl sites for hydroxylation is 2. The quantitative estimate of drug-likeness (QED) is 0.767. The molecule has 1 fully saturated rings. The molecular formula is C18H28N2O4. The molecule has 1 aromatic rings. The zero-order chi connectivity index (χ0) is 17.5. The van der Waals surface area contributed by atoms with Crippen LogP contribution in [-0.4, -0.2) is 61.0 Å². The van der Waals surface area contributed by atoms with Gasteiger partial charge in [-0.15, -0.1) is 0 Å². The van der Waals surface area contributed by atoms with E-state index in [4.69, 9.17) is 9.15 Å². The molecule has 2 heterocycles. The highest BCUT2D eigenvalue weighted by molar-refractivity contribution is 5.95. The predicted octanol–water partition coefficient (Wildman–Crippen LogP) is 2.39. The fraction of sp³-hybridized carbons (Fsp3) is 0.667. The van der Waals surface area contributed by atoms with E-state index in [0.717, 1.165) is 18.6 Å². The Hall–Kier alpha value is -1.82. The molecule has 2 amide bonds. The number of hydrogen-bond acceptors (Lipinski definition) is 4. The highest BCUT2D eigenvalue weighted by Crippen LogP contribution is 2.17. The van der Waals surface area contributed by atoms with Crippen molar-refractivity contribution in [1.82, 2.24) is 9.80 Å². The van der Waals surface area contributed by atoms with Crippen LogP contribution in [-0.2, 0) is 9.53 Å². The van der Waals surface area contributed by atoms with E-state index in [1.807, 2.05) is 11.8 Å². The van der Waals surface area contributed by atoms with E-state index >= 15 is 0 Å². The standard InChI is InChI=1S/C18H28N2O4/c1-4-5-7-20(18(22)16-13-14(2)24-15(16)3)8-6-17(21)19-9-11-23-12-10-19/h13H,4-12H2,1-3H3. The summed E-state index contributed by atoms with van der Waals surface area (Å²) in [6.45, 7) is 9.31. The van der Waals surface area contributed by atoms with Crippen LogP contribution in [0.15, 0.2) is 10.5 Å². The van der Waals surface area contributed by atoms with Crippen LogP contribution in [0.4, 0.5) is 0 Å². The van der Waals surface area contributed by atoms with Gasteiger partial charge in [-0.05, 0) is 26.3 Å². The van der Waals surface area contributed by atoms with Gasteiger partial charge in [0.2, 0.25) is 5.91 Å². The molecule has 1 aliphatic rings. The van der Waals surface area contributed by atoms with Gasteiger partial charge in [-0.25, -0.2) is 0 Å². The summed E-state index contributed by atoms with van der Waals surface area (Å²) in [4.78, 5) is 28.7. The molecule has 0 unspecified atom stereocenters. The first-order chi connectivity index (χ1) is 11.5. The average molecular weight is 336 g/mol. The van der Waals surface area contributed by atoms with Crippen molar-refractivity contribution in [2.45, 2.75) is 40.0 Å². The molecule has 0 atom stereocenters. The maximum atomic E-state index is 12.8. The Kier molecular flexibility index (Phi) is 6.85. The van der Waals surface area contributed by atoms with E-state index in [1.165, 1.54) is 0 Å². The third kappa shape index (κ3) is 4.84. The van der Waals surface area contributed by atoms with Crippen LogP contribution in [0.2, 0.25) is 0 Å². The predicted molar refractivity (Wildman–Crippen MR) is 91.0 cm³/mol. The molecule has 0 aliphatic carbocycles. The van der Waals surface area contributed by atoms with Gasteiger partial charge in [0.15, 0.2) is 0 Å². The summed E-state index contributed by atoms with van der Waals surface area (Å²) in [7, 11) is 0. The Morgan fingerprint density at radius 2 is 1.92 bits per heavy atom. The summed E-state index contributed by atoms with van der Waals surface area (Å²) >= 11 is 0. The monoisotopic (exact) mass is 336 g/mol. The van der Waals surface area contributed by atoms with Crippen LogP contribution in [0, 0.1) is 13.8 Å². The van der Waals surface area contributed by atoms with E-state index in [1.54, 1.807) is 17.9 Å². The average Bonchev–Trinajstić information content (AvgIpc) is 2.93. The summed E-state index contributed by atoms with van der Waals surface area (Å²) in [5.74, 6) is 1.41. The maximum Gasteiger partial charge on any atom is 0.257 e. The lowest BCUT2D eigenvalue weighted by atomic mass is 10.2. The van der Waals surface area contributed by atoms with E-state index < -0.39 is 0 Å². The second-order valence-corrected chi connectivity index (χ2v) is 6.22. The number of furan rings is 1. The van der Waals surface area contributed by atoms with E-state index in [2.05, 4.69) is 6.92 Å². The van der Waals surface area contributed by atoms with Crippen LogP contribution < -0.4 is 0 Å². The Balaban J connectivity index is 1.98. The molecule has 0 spiro atoms. The molecular weight excluding hydrogens is 308 g/mol. The number of morpholine rings is 1. The van der Waals surface area contributed by atoms with Crippen molar-refractivity contribution in [3.8, 4) is 0 Å². The lowest BCUT2D eigenvalue weighted by Crippen LogP contribution is -2.42. The second-order valence-electron chi connectivity index (χ2n) is 6.22. The lowest BCUT2D eigenvalue weighted by molar-refractivity contribution is -0.135. The molecule has 0 saturated carbocycles. The molecule has 0 radical (unpaired) electrons. The highest BCUT2D eigenvalue weighted by Gasteiger charge is 2.22. The van der Waals surface area contributed by atoms with E-state index in [9.17, 15) is 9.59 Å². The van der Waals surface area contributed by atoms with E-state index in [0.29, 0.717) is 57.1 Å². The van der Waals surface area contributed by atoms with Gasteiger partial charge >= 0.3 is 0 Å². The number of carbonyl (C=O) groups is 2. The minimum Gasteiger partial charge on any atom is -0.466 e. The number of amides is 2. The number of carbonyl (C=O) groups excluding carboxylic acids is 2. The lowest BCUT2D eigenvalue weighted by Gasteiger charge is -2.28. The Morgan fingerprint density at radius 3 is 2.50 bits per heavy atom. The minimum absolute atomic E-state index is 0.0485. The summed E-state index contributed by atoms with van der Waals surface area (Å²) in [5, 5.41) is 0. The van der Waals surface area contributed by atoms with Gasteiger partial charge in [0, 0.05) is 32.6 Å². The van der Waals surface area contributed by atoms with Crippen molar-refractivity contribution >= 4 is 11.8 Å². The molecule has 6 heteroatoms.